The summed E-state index contributed by atoms with van der Waals surface area (Å²) in [5.74, 6) is -0.331. The Morgan fingerprint density at radius 3 is 2.57 bits per heavy atom. The lowest BCUT2D eigenvalue weighted by molar-refractivity contribution is 0.0962. The molecule has 4 nitrogen and oxygen atoms in total. The van der Waals surface area contributed by atoms with Crippen molar-refractivity contribution in [1.29, 1.82) is 0 Å². The number of carbonyl (C=O) groups excluding carboxylic acids is 2. The second-order valence-corrected chi connectivity index (χ2v) is 4.49. The Labute approximate surface area is 123 Å². The zero-order chi connectivity index (χ0) is 15.2. The first-order chi connectivity index (χ1) is 10.1. The Hall–Kier alpha value is -2.88. The number of anilines is 1. The molecule has 0 saturated carbocycles. The quantitative estimate of drug-likeness (QED) is 0.513. The molecule has 0 aliphatic carbocycles. The van der Waals surface area contributed by atoms with Gasteiger partial charge in [-0.3, -0.25) is 9.59 Å². The summed E-state index contributed by atoms with van der Waals surface area (Å²) in [5, 5.41) is 2.56. The highest BCUT2D eigenvalue weighted by atomic mass is 16.1. The van der Waals surface area contributed by atoms with Crippen LogP contribution in [0.2, 0.25) is 0 Å². The topological polar surface area (TPSA) is 72.2 Å². The molecule has 0 atom stereocenters. The molecular formula is C17H16N2O2. The molecule has 4 heteroatoms. The molecule has 0 aliphatic heterocycles. The van der Waals surface area contributed by atoms with Gasteiger partial charge in [-0.05, 0) is 35.9 Å². The smallest absolute Gasteiger partial charge is 0.251 e. The van der Waals surface area contributed by atoms with Gasteiger partial charge in [-0.1, -0.05) is 30.3 Å². The number of ketones is 1. The zero-order valence-electron chi connectivity index (χ0n) is 11.7. The van der Waals surface area contributed by atoms with Crippen LogP contribution >= 0.6 is 0 Å². The van der Waals surface area contributed by atoms with Crippen molar-refractivity contribution in [3.05, 3.63) is 71.3 Å². The summed E-state index contributed by atoms with van der Waals surface area (Å²) in [6.07, 6.45) is 3.12. The number of carbonyl (C=O) groups is 2. The molecule has 21 heavy (non-hydrogen) atoms. The molecule has 1 amide bonds. The summed E-state index contributed by atoms with van der Waals surface area (Å²) in [6, 6.07) is 13.9. The highest BCUT2D eigenvalue weighted by molar-refractivity contribution is 6.10. The minimum absolute atomic E-state index is 0.163. The van der Waals surface area contributed by atoms with Crippen LogP contribution < -0.4 is 11.1 Å². The normalized spacial score (nSPS) is 10.5. The van der Waals surface area contributed by atoms with Crippen molar-refractivity contribution in [2.45, 2.75) is 0 Å². The second-order valence-electron chi connectivity index (χ2n) is 4.49. The maximum absolute atomic E-state index is 12.1. The first-order valence-corrected chi connectivity index (χ1v) is 6.51. The van der Waals surface area contributed by atoms with Crippen LogP contribution in [0.1, 0.15) is 26.3 Å². The lowest BCUT2D eigenvalue weighted by Crippen LogP contribution is -2.17. The van der Waals surface area contributed by atoms with Crippen LogP contribution in [0.3, 0.4) is 0 Å². The molecule has 0 radical (unpaired) electrons. The third kappa shape index (κ3) is 3.57. The van der Waals surface area contributed by atoms with Gasteiger partial charge in [-0.2, -0.15) is 0 Å². The van der Waals surface area contributed by atoms with E-state index in [0.717, 1.165) is 5.56 Å². The third-order valence-electron chi connectivity index (χ3n) is 3.03. The van der Waals surface area contributed by atoms with Crippen molar-refractivity contribution >= 4 is 23.5 Å². The fourth-order valence-corrected chi connectivity index (χ4v) is 1.91. The molecule has 2 aromatic carbocycles. The number of benzene rings is 2. The zero-order valence-corrected chi connectivity index (χ0v) is 11.7. The Balaban J connectivity index is 2.20. The maximum Gasteiger partial charge on any atom is 0.251 e. The molecule has 0 saturated heterocycles. The summed E-state index contributed by atoms with van der Waals surface area (Å²) >= 11 is 0. The van der Waals surface area contributed by atoms with Gasteiger partial charge in [0.15, 0.2) is 5.78 Å². The lowest BCUT2D eigenvalue weighted by atomic mass is 10.1. The molecule has 0 bridgehead atoms. The number of amides is 1. The van der Waals surface area contributed by atoms with Crippen LogP contribution in [-0.4, -0.2) is 18.7 Å². The first-order valence-electron chi connectivity index (χ1n) is 6.51. The number of allylic oxidation sites excluding steroid dienone is 1. The summed E-state index contributed by atoms with van der Waals surface area (Å²) in [6.45, 7) is 0. The van der Waals surface area contributed by atoms with Crippen molar-refractivity contribution < 1.29 is 9.59 Å². The van der Waals surface area contributed by atoms with E-state index < -0.39 is 0 Å². The number of rotatable bonds is 4. The molecule has 2 rings (SSSR count). The van der Waals surface area contributed by atoms with Gasteiger partial charge < -0.3 is 11.1 Å². The van der Waals surface area contributed by atoms with Gasteiger partial charge in [-0.15, -0.1) is 0 Å². The van der Waals surface area contributed by atoms with Gasteiger partial charge in [0.1, 0.15) is 0 Å². The van der Waals surface area contributed by atoms with Crippen molar-refractivity contribution in [2.24, 2.45) is 0 Å². The van der Waals surface area contributed by atoms with E-state index in [4.69, 9.17) is 5.73 Å². The molecule has 0 spiro atoms. The van der Waals surface area contributed by atoms with E-state index in [1.165, 1.54) is 6.08 Å². The molecule has 0 heterocycles. The van der Waals surface area contributed by atoms with Gasteiger partial charge in [0, 0.05) is 23.9 Å². The molecule has 106 valence electrons. The summed E-state index contributed by atoms with van der Waals surface area (Å²) < 4.78 is 0. The number of para-hydroxylation sites is 1. The minimum Gasteiger partial charge on any atom is -0.398 e. The van der Waals surface area contributed by atoms with Crippen LogP contribution in [-0.2, 0) is 0 Å². The molecule has 0 unspecified atom stereocenters. The molecule has 0 aromatic heterocycles. The Morgan fingerprint density at radius 2 is 1.86 bits per heavy atom. The van der Waals surface area contributed by atoms with E-state index in [1.54, 1.807) is 55.6 Å². The van der Waals surface area contributed by atoms with Crippen LogP contribution in [0.4, 0.5) is 5.69 Å². The predicted octanol–water partition coefficient (Wildman–Crippen LogP) is 2.52. The van der Waals surface area contributed by atoms with Crippen molar-refractivity contribution in [2.75, 3.05) is 12.8 Å². The Bertz CT molecular complexity index is 705. The molecule has 2 aromatic rings. The van der Waals surface area contributed by atoms with Crippen LogP contribution in [0.25, 0.3) is 6.08 Å². The highest BCUT2D eigenvalue weighted by Gasteiger charge is 2.06. The SMILES string of the molecule is CNC(=O)c1cccc(/C=C/C(=O)c2ccccc2N)c1. The largest absolute Gasteiger partial charge is 0.398 e. The number of nitrogens with one attached hydrogen (secondary N) is 1. The van der Waals surface area contributed by atoms with E-state index in [9.17, 15) is 9.59 Å². The first kappa shape index (κ1) is 14.5. The monoisotopic (exact) mass is 280 g/mol. The van der Waals surface area contributed by atoms with E-state index in [0.29, 0.717) is 16.8 Å². The summed E-state index contributed by atoms with van der Waals surface area (Å²) in [7, 11) is 1.58. The van der Waals surface area contributed by atoms with E-state index in [2.05, 4.69) is 5.32 Å². The van der Waals surface area contributed by atoms with Crippen LogP contribution in [0.15, 0.2) is 54.6 Å². The van der Waals surface area contributed by atoms with Crippen LogP contribution in [0, 0.1) is 0 Å². The van der Waals surface area contributed by atoms with Crippen LogP contribution in [0.5, 0.6) is 0 Å². The summed E-state index contributed by atoms with van der Waals surface area (Å²) in [5.41, 5.74) is 8.01. The lowest BCUT2D eigenvalue weighted by Gasteiger charge is -2.02. The average molecular weight is 280 g/mol. The molecule has 3 N–H and O–H groups in total. The van der Waals surface area contributed by atoms with Gasteiger partial charge >= 0.3 is 0 Å². The second kappa shape index (κ2) is 6.52. The molecule has 0 aliphatic rings. The Kier molecular flexibility index (Phi) is 4.51. The van der Waals surface area contributed by atoms with Gasteiger partial charge in [-0.25, -0.2) is 0 Å². The number of nitrogens with two attached hydrogens (primary N) is 1. The predicted molar refractivity (Wildman–Crippen MR) is 84.1 cm³/mol. The van der Waals surface area contributed by atoms with Crippen molar-refractivity contribution in [3.8, 4) is 0 Å². The van der Waals surface area contributed by atoms with E-state index >= 15 is 0 Å². The molecule has 0 fully saturated rings. The van der Waals surface area contributed by atoms with Gasteiger partial charge in [0.05, 0.1) is 0 Å². The summed E-state index contributed by atoms with van der Waals surface area (Å²) in [4.78, 5) is 23.6. The Morgan fingerprint density at radius 1 is 1.10 bits per heavy atom. The fourth-order valence-electron chi connectivity index (χ4n) is 1.91. The number of hydrogen-bond acceptors (Lipinski definition) is 3. The van der Waals surface area contributed by atoms with Crippen molar-refractivity contribution in [3.63, 3.8) is 0 Å². The fraction of sp³-hybridized carbons (Fsp3) is 0.0588. The molecular weight excluding hydrogens is 264 g/mol. The highest BCUT2D eigenvalue weighted by Crippen LogP contribution is 2.13. The van der Waals surface area contributed by atoms with E-state index in [-0.39, 0.29) is 11.7 Å². The number of nitrogen functional groups attached to an aromatic ring is 1. The maximum atomic E-state index is 12.1. The standard InChI is InChI=1S/C17H16N2O2/c1-19-17(21)13-6-4-5-12(11-13)9-10-16(20)14-7-2-3-8-15(14)18/h2-11H,18H2,1H3,(H,19,21)/b10-9+. The van der Waals surface area contributed by atoms with Crippen molar-refractivity contribution in [1.82, 2.24) is 5.32 Å². The number of hydrogen-bond donors (Lipinski definition) is 2. The third-order valence-corrected chi connectivity index (χ3v) is 3.03. The average Bonchev–Trinajstić information content (AvgIpc) is 2.52. The van der Waals surface area contributed by atoms with E-state index in [1.807, 2.05) is 6.07 Å². The van der Waals surface area contributed by atoms with Gasteiger partial charge in [0.25, 0.3) is 5.91 Å². The minimum atomic E-state index is -0.168. The van der Waals surface area contributed by atoms with Gasteiger partial charge in [0.2, 0.25) is 0 Å².